The molecule has 0 radical (unpaired) electrons. The molecule has 1 aliphatic rings. The number of carbonyl (C=O) groups excluding carboxylic acids is 2. The number of urea groups is 1. The van der Waals surface area contributed by atoms with Crippen molar-refractivity contribution >= 4 is 23.5 Å². The molecule has 1 atom stereocenters. The van der Waals surface area contributed by atoms with Crippen LogP contribution in [-0.2, 0) is 9.47 Å². The summed E-state index contributed by atoms with van der Waals surface area (Å²) in [6, 6.07) is 14.4. The summed E-state index contributed by atoms with van der Waals surface area (Å²) in [5, 5.41) is 24.1. The zero-order chi connectivity index (χ0) is 24.0. The van der Waals surface area contributed by atoms with E-state index in [1.165, 1.54) is 6.07 Å². The van der Waals surface area contributed by atoms with E-state index in [2.05, 4.69) is 16.7 Å². The lowest BCUT2D eigenvalue weighted by molar-refractivity contribution is -0.0329. The molecule has 2 aromatic carbocycles. The van der Waals surface area contributed by atoms with Crippen molar-refractivity contribution in [2.75, 3.05) is 30.4 Å². The summed E-state index contributed by atoms with van der Waals surface area (Å²) in [7, 11) is 0. The van der Waals surface area contributed by atoms with Crippen LogP contribution in [0.2, 0.25) is 0 Å². The summed E-state index contributed by atoms with van der Waals surface area (Å²) < 4.78 is 11.2. The topological polar surface area (TPSA) is 127 Å². The van der Waals surface area contributed by atoms with E-state index in [-0.39, 0.29) is 17.9 Å². The van der Waals surface area contributed by atoms with Crippen LogP contribution in [0.4, 0.5) is 21.0 Å². The van der Waals surface area contributed by atoms with Gasteiger partial charge in [-0.25, -0.2) is 9.59 Å². The van der Waals surface area contributed by atoms with Gasteiger partial charge in [-0.05, 0) is 45.0 Å². The highest BCUT2D eigenvalue weighted by Crippen LogP contribution is 2.33. The molecular formula is C24H25N5O4. The van der Waals surface area contributed by atoms with Gasteiger partial charge in [0, 0.05) is 17.8 Å². The first-order valence-electron chi connectivity index (χ1n) is 10.4. The maximum absolute atomic E-state index is 12.8. The van der Waals surface area contributed by atoms with Gasteiger partial charge in [-0.15, -0.1) is 0 Å². The molecule has 3 amide bonds. The van der Waals surface area contributed by atoms with Crippen LogP contribution in [-0.4, -0.2) is 42.4 Å². The summed E-state index contributed by atoms with van der Waals surface area (Å²) in [5.41, 5.74) is 1.23. The van der Waals surface area contributed by atoms with E-state index in [0.717, 1.165) is 0 Å². The van der Waals surface area contributed by atoms with Crippen LogP contribution in [0.5, 0.6) is 0 Å². The SMILES string of the molecule is CC(C)(C)OC(=O)N1CCOCC1c1cccc(C#N)c1NC(=O)Nc1cccc(C#N)c1. The van der Waals surface area contributed by atoms with Gasteiger partial charge < -0.3 is 20.1 Å². The minimum Gasteiger partial charge on any atom is -0.444 e. The summed E-state index contributed by atoms with van der Waals surface area (Å²) >= 11 is 0. The standard InChI is InChI=1S/C24H25N5O4/c1-24(2,3)33-23(31)29-10-11-32-15-20(29)19-9-5-7-17(14-26)21(19)28-22(30)27-18-8-4-6-16(12-18)13-25/h4-9,12,20H,10-11,15H2,1-3H3,(H2,27,28,30). The highest BCUT2D eigenvalue weighted by Gasteiger charge is 2.34. The first kappa shape index (κ1) is 23.6. The Hall–Kier alpha value is -4.08. The normalized spacial score (nSPS) is 15.7. The Morgan fingerprint density at radius 3 is 2.58 bits per heavy atom. The van der Waals surface area contributed by atoms with E-state index in [1.807, 2.05) is 6.07 Å². The van der Waals surface area contributed by atoms with Gasteiger partial charge in [-0.1, -0.05) is 18.2 Å². The zero-order valence-electron chi connectivity index (χ0n) is 18.7. The number of hydrogen-bond donors (Lipinski definition) is 2. The Kier molecular flexibility index (Phi) is 7.17. The Bertz CT molecular complexity index is 1130. The number of morpholine rings is 1. The maximum atomic E-state index is 12.8. The van der Waals surface area contributed by atoms with Crippen molar-refractivity contribution in [3.63, 3.8) is 0 Å². The van der Waals surface area contributed by atoms with Gasteiger partial charge >= 0.3 is 12.1 Å². The molecule has 2 N–H and O–H groups in total. The molecule has 33 heavy (non-hydrogen) atoms. The quantitative estimate of drug-likeness (QED) is 0.719. The number of para-hydroxylation sites is 1. The number of nitrogens with zero attached hydrogens (tertiary/aromatic N) is 3. The molecule has 0 aliphatic carbocycles. The second kappa shape index (κ2) is 10.0. The van der Waals surface area contributed by atoms with Crippen molar-refractivity contribution in [3.8, 4) is 12.1 Å². The van der Waals surface area contributed by atoms with Crippen molar-refractivity contribution in [3.05, 3.63) is 59.2 Å². The molecule has 9 nitrogen and oxygen atoms in total. The Labute approximate surface area is 192 Å². The van der Waals surface area contributed by atoms with Gasteiger partial charge in [0.1, 0.15) is 11.7 Å². The Balaban J connectivity index is 1.90. The minimum absolute atomic E-state index is 0.189. The largest absolute Gasteiger partial charge is 0.444 e. The third-order valence-electron chi connectivity index (χ3n) is 4.82. The summed E-state index contributed by atoms with van der Waals surface area (Å²) in [5.74, 6) is 0. The summed E-state index contributed by atoms with van der Waals surface area (Å²) in [6.45, 7) is 6.21. The van der Waals surface area contributed by atoms with Gasteiger partial charge in [0.2, 0.25) is 0 Å². The molecule has 9 heteroatoms. The summed E-state index contributed by atoms with van der Waals surface area (Å²) in [4.78, 5) is 27.1. The second-order valence-corrected chi connectivity index (χ2v) is 8.42. The van der Waals surface area contributed by atoms with Crippen molar-refractivity contribution < 1.29 is 19.1 Å². The molecule has 1 unspecified atom stereocenters. The average Bonchev–Trinajstić information content (AvgIpc) is 2.78. The van der Waals surface area contributed by atoms with Crippen LogP contribution in [0.15, 0.2) is 42.5 Å². The number of ether oxygens (including phenoxy) is 2. The third-order valence-corrected chi connectivity index (χ3v) is 4.82. The predicted octanol–water partition coefficient (Wildman–Crippen LogP) is 4.38. The molecule has 0 bridgehead atoms. The van der Waals surface area contributed by atoms with E-state index < -0.39 is 23.8 Å². The molecule has 2 aromatic rings. The van der Waals surface area contributed by atoms with Crippen molar-refractivity contribution in [1.29, 1.82) is 10.5 Å². The Morgan fingerprint density at radius 2 is 1.88 bits per heavy atom. The van der Waals surface area contributed by atoms with E-state index in [4.69, 9.17) is 14.7 Å². The van der Waals surface area contributed by atoms with E-state index >= 15 is 0 Å². The van der Waals surface area contributed by atoms with Crippen LogP contribution in [0.25, 0.3) is 0 Å². The fourth-order valence-electron chi connectivity index (χ4n) is 3.42. The lowest BCUT2D eigenvalue weighted by atomic mass is 9.99. The minimum atomic E-state index is -0.673. The average molecular weight is 447 g/mol. The molecule has 3 rings (SSSR count). The second-order valence-electron chi connectivity index (χ2n) is 8.42. The van der Waals surface area contributed by atoms with Gasteiger partial charge in [0.05, 0.1) is 42.1 Å². The number of carbonyl (C=O) groups is 2. The maximum Gasteiger partial charge on any atom is 0.410 e. The first-order valence-corrected chi connectivity index (χ1v) is 10.4. The molecular weight excluding hydrogens is 422 g/mol. The van der Waals surface area contributed by atoms with E-state index in [1.54, 1.807) is 62.1 Å². The fourth-order valence-corrected chi connectivity index (χ4v) is 3.42. The fraction of sp³-hybridized carbons (Fsp3) is 0.333. The van der Waals surface area contributed by atoms with Crippen LogP contribution in [0.3, 0.4) is 0 Å². The Morgan fingerprint density at radius 1 is 1.12 bits per heavy atom. The highest BCUT2D eigenvalue weighted by molar-refractivity contribution is 6.01. The molecule has 1 saturated heterocycles. The monoisotopic (exact) mass is 447 g/mol. The van der Waals surface area contributed by atoms with E-state index in [9.17, 15) is 14.9 Å². The zero-order valence-corrected chi connectivity index (χ0v) is 18.7. The first-order chi connectivity index (χ1) is 15.7. The number of benzene rings is 2. The molecule has 1 heterocycles. The highest BCUT2D eigenvalue weighted by atomic mass is 16.6. The molecule has 170 valence electrons. The van der Waals surface area contributed by atoms with Gasteiger partial charge in [-0.2, -0.15) is 10.5 Å². The number of anilines is 2. The molecule has 1 fully saturated rings. The van der Waals surface area contributed by atoms with Crippen molar-refractivity contribution in [1.82, 2.24) is 4.90 Å². The molecule has 0 saturated carbocycles. The number of amides is 3. The lowest BCUT2D eigenvalue weighted by Gasteiger charge is -2.37. The van der Waals surface area contributed by atoms with Crippen molar-refractivity contribution in [2.45, 2.75) is 32.4 Å². The number of nitriles is 2. The molecule has 0 aromatic heterocycles. The molecule has 0 spiro atoms. The van der Waals surface area contributed by atoms with Crippen LogP contribution in [0.1, 0.15) is 43.5 Å². The van der Waals surface area contributed by atoms with Gasteiger partial charge in [0.25, 0.3) is 0 Å². The summed E-state index contributed by atoms with van der Waals surface area (Å²) in [6.07, 6.45) is -0.498. The van der Waals surface area contributed by atoms with Crippen LogP contribution < -0.4 is 10.6 Å². The predicted molar refractivity (Wildman–Crippen MR) is 121 cm³/mol. The van der Waals surface area contributed by atoms with E-state index in [0.29, 0.717) is 30.0 Å². The third kappa shape index (κ3) is 6.00. The van der Waals surface area contributed by atoms with Gasteiger partial charge in [-0.3, -0.25) is 4.90 Å². The smallest absolute Gasteiger partial charge is 0.410 e. The molecule has 1 aliphatic heterocycles. The number of nitrogens with one attached hydrogen (secondary N) is 2. The number of rotatable bonds is 3. The van der Waals surface area contributed by atoms with Crippen molar-refractivity contribution in [2.24, 2.45) is 0 Å². The van der Waals surface area contributed by atoms with Crippen LogP contribution in [0, 0.1) is 22.7 Å². The lowest BCUT2D eigenvalue weighted by Crippen LogP contribution is -2.46. The van der Waals surface area contributed by atoms with Gasteiger partial charge in [0.15, 0.2) is 0 Å². The van der Waals surface area contributed by atoms with Crippen LogP contribution >= 0.6 is 0 Å². The number of hydrogen-bond acceptors (Lipinski definition) is 6.